The average molecular weight is 431 g/mol. The molecular formula is C16H22F9NO2. The largest absolute Gasteiger partial charge is 0.435 e. The summed E-state index contributed by atoms with van der Waals surface area (Å²) < 4.78 is 128. The number of halogens is 9. The van der Waals surface area contributed by atoms with Gasteiger partial charge in [0.1, 0.15) is 0 Å². The van der Waals surface area contributed by atoms with Gasteiger partial charge in [-0.2, -0.15) is 39.5 Å². The van der Waals surface area contributed by atoms with E-state index in [1.54, 1.807) is 25.7 Å². The molecule has 0 radical (unpaired) electrons. The van der Waals surface area contributed by atoms with Crippen LogP contribution in [0.25, 0.3) is 0 Å². The Morgan fingerprint density at radius 1 is 0.893 bits per heavy atom. The van der Waals surface area contributed by atoms with Gasteiger partial charge in [-0.05, 0) is 46.6 Å². The molecule has 0 amide bonds. The molecule has 0 aromatic heterocycles. The van der Waals surface area contributed by atoms with Crippen molar-refractivity contribution >= 4 is 0 Å². The lowest BCUT2D eigenvalue weighted by Gasteiger charge is -2.40. The van der Waals surface area contributed by atoms with Crippen LogP contribution in [0.15, 0.2) is 0 Å². The lowest BCUT2D eigenvalue weighted by Crippen LogP contribution is -2.68. The van der Waals surface area contributed by atoms with Crippen molar-refractivity contribution in [1.82, 2.24) is 4.90 Å². The van der Waals surface area contributed by atoms with Crippen LogP contribution in [0.5, 0.6) is 0 Å². The highest BCUT2D eigenvalue weighted by atomic mass is 19.4. The Balaban J connectivity index is 2.32. The van der Waals surface area contributed by atoms with Crippen molar-refractivity contribution in [2.24, 2.45) is 0 Å². The number of hydrogen-bond acceptors (Lipinski definition) is 3. The Labute approximate surface area is 156 Å². The number of hydrogen-bond donors (Lipinski definition) is 0. The van der Waals surface area contributed by atoms with Crippen LogP contribution in [-0.4, -0.2) is 66.0 Å². The number of ether oxygens (including phenoxy) is 2. The van der Waals surface area contributed by atoms with Gasteiger partial charge >= 0.3 is 24.1 Å². The van der Waals surface area contributed by atoms with Crippen LogP contribution >= 0.6 is 0 Å². The van der Waals surface area contributed by atoms with Crippen molar-refractivity contribution in [3.8, 4) is 0 Å². The summed E-state index contributed by atoms with van der Waals surface area (Å²) in [6.45, 7) is 5.00. The van der Waals surface area contributed by atoms with Crippen molar-refractivity contribution in [2.45, 2.75) is 81.4 Å². The molecule has 2 rings (SSSR count). The van der Waals surface area contributed by atoms with Crippen LogP contribution in [0.2, 0.25) is 0 Å². The molecule has 2 aliphatic heterocycles. The van der Waals surface area contributed by atoms with Gasteiger partial charge in [-0.25, -0.2) is 0 Å². The molecule has 2 fully saturated rings. The van der Waals surface area contributed by atoms with Gasteiger partial charge in [-0.15, -0.1) is 0 Å². The number of nitrogens with zero attached hydrogens (tertiary/aromatic N) is 1. The molecule has 28 heavy (non-hydrogen) atoms. The minimum atomic E-state index is -6.72. The van der Waals surface area contributed by atoms with Gasteiger partial charge in [0.05, 0.1) is 18.3 Å². The van der Waals surface area contributed by atoms with Crippen molar-refractivity contribution in [1.29, 1.82) is 0 Å². The summed E-state index contributed by atoms with van der Waals surface area (Å²) in [6, 6.07) is 0. The second kappa shape index (κ2) is 6.90. The van der Waals surface area contributed by atoms with E-state index in [4.69, 9.17) is 4.74 Å². The first-order valence-corrected chi connectivity index (χ1v) is 8.62. The Kier molecular flexibility index (Phi) is 5.80. The zero-order valence-corrected chi connectivity index (χ0v) is 15.5. The molecule has 2 atom stereocenters. The summed E-state index contributed by atoms with van der Waals surface area (Å²) >= 11 is 0. The molecule has 0 aliphatic carbocycles. The van der Waals surface area contributed by atoms with E-state index in [-0.39, 0.29) is 6.61 Å². The Hall–Kier alpha value is -0.750. The van der Waals surface area contributed by atoms with Crippen LogP contribution in [0.1, 0.15) is 40.0 Å². The highest BCUT2D eigenvalue weighted by Crippen LogP contribution is 2.56. The highest BCUT2D eigenvalue weighted by molar-refractivity contribution is 5.08. The molecule has 0 saturated carbocycles. The van der Waals surface area contributed by atoms with E-state index in [2.05, 4.69) is 4.74 Å². The third-order valence-corrected chi connectivity index (χ3v) is 5.09. The quantitative estimate of drug-likeness (QED) is 0.594. The van der Waals surface area contributed by atoms with E-state index < -0.39 is 54.3 Å². The summed E-state index contributed by atoms with van der Waals surface area (Å²) in [6.07, 6.45) is -21.5. The van der Waals surface area contributed by atoms with Crippen LogP contribution in [-0.2, 0) is 9.47 Å². The van der Waals surface area contributed by atoms with Gasteiger partial charge in [-0.1, -0.05) is 0 Å². The van der Waals surface area contributed by atoms with E-state index in [1.807, 2.05) is 0 Å². The normalized spacial score (nSPS) is 28.1. The first-order valence-electron chi connectivity index (χ1n) is 8.62. The fourth-order valence-corrected chi connectivity index (χ4v) is 3.83. The van der Waals surface area contributed by atoms with Crippen molar-refractivity contribution < 1.29 is 49.0 Å². The first kappa shape index (κ1) is 23.5. The minimum absolute atomic E-state index is 0.0204. The van der Waals surface area contributed by atoms with E-state index in [9.17, 15) is 39.5 Å². The van der Waals surface area contributed by atoms with Gasteiger partial charge < -0.3 is 9.47 Å². The second-order valence-electron chi connectivity index (χ2n) is 8.29. The molecule has 0 N–H and O–H groups in total. The smallest absolute Gasteiger partial charge is 0.374 e. The Bertz CT molecular complexity index is 528. The zero-order chi connectivity index (χ0) is 21.8. The van der Waals surface area contributed by atoms with Crippen LogP contribution in [0.4, 0.5) is 39.5 Å². The Morgan fingerprint density at radius 3 is 1.82 bits per heavy atom. The summed E-state index contributed by atoms with van der Waals surface area (Å²) in [4.78, 5) is 1.57. The zero-order valence-electron chi connectivity index (χ0n) is 15.5. The molecule has 0 aromatic rings. The molecule has 3 nitrogen and oxygen atoms in total. The first-order chi connectivity index (χ1) is 12.3. The Morgan fingerprint density at radius 2 is 1.39 bits per heavy atom. The van der Waals surface area contributed by atoms with Gasteiger partial charge in [-0.3, -0.25) is 4.90 Å². The van der Waals surface area contributed by atoms with Gasteiger partial charge in [0.25, 0.3) is 0 Å². The molecule has 0 unspecified atom stereocenters. The SMILES string of the molecule is CC(C)(C)OC[C@]12CCCN1C[C@H](OC(C(F)(F)F)(C(F)(F)F)C(F)(F)F)C2. The molecule has 12 heteroatoms. The molecule has 166 valence electrons. The lowest BCUT2D eigenvalue weighted by atomic mass is 9.93. The molecule has 2 saturated heterocycles. The van der Waals surface area contributed by atoms with Gasteiger partial charge in [0.2, 0.25) is 0 Å². The van der Waals surface area contributed by atoms with E-state index >= 15 is 0 Å². The molecule has 2 aliphatic rings. The topological polar surface area (TPSA) is 21.7 Å². The summed E-state index contributed by atoms with van der Waals surface area (Å²) in [7, 11) is 0. The second-order valence-corrected chi connectivity index (χ2v) is 8.29. The van der Waals surface area contributed by atoms with Crippen LogP contribution in [0.3, 0.4) is 0 Å². The standard InChI is InChI=1S/C16H22F9NO2/c1-11(2,3)27-9-12-5-4-6-26(12)8-10(7-12)28-13(14(17,18)19,15(20,21)22)16(23,24)25/h10H,4-9H2,1-3H3/t10-,12-/m1/s1. The number of alkyl halides is 9. The maximum Gasteiger partial charge on any atom is 0.435 e. The maximum absolute atomic E-state index is 13.1. The van der Waals surface area contributed by atoms with Crippen molar-refractivity contribution in [3.63, 3.8) is 0 Å². The maximum atomic E-state index is 13.1. The van der Waals surface area contributed by atoms with Crippen molar-refractivity contribution in [2.75, 3.05) is 19.7 Å². The molecule has 0 aromatic carbocycles. The molecule has 0 bridgehead atoms. The molecule has 2 heterocycles. The lowest BCUT2D eigenvalue weighted by molar-refractivity contribution is -0.463. The van der Waals surface area contributed by atoms with Gasteiger partial charge in [0.15, 0.2) is 0 Å². The minimum Gasteiger partial charge on any atom is -0.374 e. The summed E-state index contributed by atoms with van der Waals surface area (Å²) in [5.41, 5.74) is -7.80. The van der Waals surface area contributed by atoms with Crippen molar-refractivity contribution in [3.05, 3.63) is 0 Å². The van der Waals surface area contributed by atoms with Gasteiger partial charge in [0, 0.05) is 12.1 Å². The fourth-order valence-electron chi connectivity index (χ4n) is 3.83. The summed E-state index contributed by atoms with van der Waals surface area (Å²) in [5, 5.41) is 0. The fraction of sp³-hybridized carbons (Fsp3) is 1.00. The molecular weight excluding hydrogens is 409 g/mol. The van der Waals surface area contributed by atoms with Crippen LogP contribution < -0.4 is 0 Å². The number of fused-ring (bicyclic) bond motifs is 1. The predicted molar refractivity (Wildman–Crippen MR) is 79.6 cm³/mol. The predicted octanol–water partition coefficient (Wildman–Crippen LogP) is 4.85. The number of rotatable bonds is 4. The third kappa shape index (κ3) is 4.09. The third-order valence-electron chi connectivity index (χ3n) is 5.09. The van der Waals surface area contributed by atoms with E-state index in [0.29, 0.717) is 19.4 Å². The summed E-state index contributed by atoms with van der Waals surface area (Å²) in [5.74, 6) is 0. The van der Waals surface area contributed by atoms with E-state index in [0.717, 1.165) is 0 Å². The van der Waals surface area contributed by atoms with E-state index in [1.165, 1.54) is 0 Å². The molecule has 0 spiro atoms. The average Bonchev–Trinajstić information content (AvgIpc) is 2.94. The van der Waals surface area contributed by atoms with Crippen LogP contribution in [0, 0.1) is 0 Å². The monoisotopic (exact) mass is 431 g/mol. The highest BCUT2D eigenvalue weighted by Gasteiger charge is 2.86.